The minimum absolute atomic E-state index is 0.0225. The highest BCUT2D eigenvalue weighted by Crippen LogP contribution is 2.29. The van der Waals surface area contributed by atoms with E-state index in [4.69, 9.17) is 14.2 Å². The van der Waals surface area contributed by atoms with Gasteiger partial charge in [0.05, 0.1) is 19.2 Å². The van der Waals surface area contributed by atoms with E-state index < -0.39 is 6.10 Å². The number of carbonyl (C=O) groups is 1. The number of pyridine rings is 1. The van der Waals surface area contributed by atoms with Crippen LogP contribution in [0.25, 0.3) is 10.9 Å². The van der Waals surface area contributed by atoms with Crippen LogP contribution in [0.15, 0.2) is 24.3 Å². The maximum Gasteiger partial charge on any atom is 0.263 e. The van der Waals surface area contributed by atoms with Gasteiger partial charge in [0.25, 0.3) is 5.91 Å². The molecule has 2 heterocycles. The fourth-order valence-corrected chi connectivity index (χ4v) is 2.87. The van der Waals surface area contributed by atoms with Crippen LogP contribution in [0.5, 0.6) is 11.6 Å². The van der Waals surface area contributed by atoms with Gasteiger partial charge in [0.1, 0.15) is 5.75 Å². The first kappa shape index (κ1) is 16.5. The van der Waals surface area contributed by atoms with E-state index >= 15 is 0 Å². The van der Waals surface area contributed by atoms with Gasteiger partial charge in [0, 0.05) is 31.2 Å². The molecule has 1 aromatic carbocycles. The van der Waals surface area contributed by atoms with Gasteiger partial charge in [-0.15, -0.1) is 0 Å². The molecule has 0 aliphatic carbocycles. The van der Waals surface area contributed by atoms with Gasteiger partial charge in [-0.05, 0) is 37.6 Å². The normalized spacial score (nSPS) is 17.4. The van der Waals surface area contributed by atoms with Gasteiger partial charge < -0.3 is 19.1 Å². The fraction of sp³-hybridized carbons (Fsp3) is 0.444. The van der Waals surface area contributed by atoms with Crippen molar-refractivity contribution in [3.63, 3.8) is 0 Å². The van der Waals surface area contributed by atoms with Crippen molar-refractivity contribution < 1.29 is 19.0 Å². The molecule has 0 saturated heterocycles. The third kappa shape index (κ3) is 3.28. The quantitative estimate of drug-likeness (QED) is 0.788. The second-order valence-electron chi connectivity index (χ2n) is 5.88. The standard InChI is InChI=1S/C18H22N2O4/c1-12-18(21)20(7-4-8-22-2)11-14-9-13-10-15(23-3)5-6-16(13)19-17(14)24-12/h5-6,9-10,12H,4,7-8,11H2,1-3H3/t12-/m0/s1. The lowest BCUT2D eigenvalue weighted by atomic mass is 10.1. The van der Waals surface area contributed by atoms with E-state index in [1.165, 1.54) is 0 Å². The van der Waals surface area contributed by atoms with Crippen LogP contribution >= 0.6 is 0 Å². The van der Waals surface area contributed by atoms with Crippen molar-refractivity contribution in [2.75, 3.05) is 27.4 Å². The van der Waals surface area contributed by atoms with Gasteiger partial charge in [-0.2, -0.15) is 0 Å². The van der Waals surface area contributed by atoms with Crippen molar-refractivity contribution in [2.45, 2.75) is 26.0 Å². The van der Waals surface area contributed by atoms with Crippen LogP contribution < -0.4 is 9.47 Å². The summed E-state index contributed by atoms with van der Waals surface area (Å²) in [6.07, 6.45) is 0.246. The number of benzene rings is 1. The molecular formula is C18H22N2O4. The minimum Gasteiger partial charge on any atom is -0.497 e. The molecule has 1 atom stereocenters. The van der Waals surface area contributed by atoms with Gasteiger partial charge in [-0.3, -0.25) is 4.79 Å². The van der Waals surface area contributed by atoms with Crippen molar-refractivity contribution in [1.29, 1.82) is 0 Å². The Bertz CT molecular complexity index is 747. The number of ether oxygens (including phenoxy) is 3. The highest BCUT2D eigenvalue weighted by molar-refractivity contribution is 5.84. The summed E-state index contributed by atoms with van der Waals surface area (Å²) in [4.78, 5) is 18.9. The summed E-state index contributed by atoms with van der Waals surface area (Å²) in [6, 6.07) is 7.72. The van der Waals surface area contributed by atoms with Crippen LogP contribution in [-0.4, -0.2) is 49.3 Å². The minimum atomic E-state index is -0.544. The van der Waals surface area contributed by atoms with Crippen molar-refractivity contribution in [3.05, 3.63) is 29.8 Å². The van der Waals surface area contributed by atoms with Crippen molar-refractivity contribution in [2.24, 2.45) is 0 Å². The molecule has 0 fully saturated rings. The molecule has 1 aromatic heterocycles. The average molecular weight is 330 g/mol. The maximum absolute atomic E-state index is 12.5. The molecule has 0 N–H and O–H groups in total. The first-order chi connectivity index (χ1) is 11.6. The van der Waals surface area contributed by atoms with Crippen molar-refractivity contribution >= 4 is 16.8 Å². The number of hydrogen-bond donors (Lipinski definition) is 0. The molecule has 2 aromatic rings. The Hall–Kier alpha value is -2.34. The molecule has 0 saturated carbocycles. The number of nitrogens with zero attached hydrogens (tertiary/aromatic N) is 2. The second-order valence-corrected chi connectivity index (χ2v) is 5.88. The van der Waals surface area contributed by atoms with Crippen LogP contribution in [0.2, 0.25) is 0 Å². The Kier molecular flexibility index (Phi) is 4.85. The molecule has 6 heteroatoms. The van der Waals surface area contributed by atoms with Crippen LogP contribution in [0.1, 0.15) is 18.9 Å². The summed E-state index contributed by atoms with van der Waals surface area (Å²) < 4.78 is 16.2. The molecule has 0 unspecified atom stereocenters. The smallest absolute Gasteiger partial charge is 0.263 e. The van der Waals surface area contributed by atoms with E-state index in [9.17, 15) is 4.79 Å². The molecule has 0 spiro atoms. The Morgan fingerprint density at radius 1 is 1.33 bits per heavy atom. The molecule has 24 heavy (non-hydrogen) atoms. The number of methoxy groups -OCH3 is 2. The number of amides is 1. The van der Waals surface area contributed by atoms with E-state index in [2.05, 4.69) is 4.98 Å². The average Bonchev–Trinajstić information content (AvgIpc) is 2.70. The summed E-state index contributed by atoms with van der Waals surface area (Å²) >= 11 is 0. The highest BCUT2D eigenvalue weighted by Gasteiger charge is 2.28. The second kappa shape index (κ2) is 7.05. The van der Waals surface area contributed by atoms with Gasteiger partial charge in [0.15, 0.2) is 6.10 Å². The van der Waals surface area contributed by atoms with E-state index in [1.807, 2.05) is 29.2 Å². The monoisotopic (exact) mass is 330 g/mol. The Morgan fingerprint density at radius 3 is 2.92 bits per heavy atom. The number of hydrogen-bond acceptors (Lipinski definition) is 5. The predicted octanol–water partition coefficient (Wildman–Crippen LogP) is 2.39. The highest BCUT2D eigenvalue weighted by atomic mass is 16.5. The molecular weight excluding hydrogens is 308 g/mol. The topological polar surface area (TPSA) is 60.9 Å². The van der Waals surface area contributed by atoms with Crippen molar-refractivity contribution in [1.82, 2.24) is 9.88 Å². The molecule has 1 aliphatic heterocycles. The van der Waals surface area contributed by atoms with Gasteiger partial charge >= 0.3 is 0 Å². The number of rotatable bonds is 5. The molecule has 128 valence electrons. The molecule has 0 bridgehead atoms. The lowest BCUT2D eigenvalue weighted by molar-refractivity contribution is -0.137. The first-order valence-corrected chi connectivity index (χ1v) is 8.04. The zero-order chi connectivity index (χ0) is 17.1. The van der Waals surface area contributed by atoms with Gasteiger partial charge in [-0.25, -0.2) is 4.98 Å². The van der Waals surface area contributed by atoms with E-state index in [0.717, 1.165) is 28.6 Å². The van der Waals surface area contributed by atoms with Crippen molar-refractivity contribution in [3.8, 4) is 11.6 Å². The van der Waals surface area contributed by atoms with E-state index in [1.54, 1.807) is 21.1 Å². The zero-order valence-electron chi connectivity index (χ0n) is 14.2. The Morgan fingerprint density at radius 2 is 2.17 bits per heavy atom. The Labute approximate surface area is 141 Å². The van der Waals surface area contributed by atoms with E-state index in [0.29, 0.717) is 25.6 Å². The molecule has 1 amide bonds. The number of aromatic nitrogens is 1. The number of fused-ring (bicyclic) bond motifs is 2. The molecule has 6 nitrogen and oxygen atoms in total. The van der Waals surface area contributed by atoms with Gasteiger partial charge in [0.2, 0.25) is 5.88 Å². The zero-order valence-corrected chi connectivity index (χ0v) is 14.2. The fourth-order valence-electron chi connectivity index (χ4n) is 2.87. The van der Waals surface area contributed by atoms with Crippen LogP contribution in [-0.2, 0) is 16.1 Å². The van der Waals surface area contributed by atoms with Crippen LogP contribution in [0.3, 0.4) is 0 Å². The van der Waals surface area contributed by atoms with Gasteiger partial charge in [-0.1, -0.05) is 0 Å². The van der Waals surface area contributed by atoms with Crippen LogP contribution in [0.4, 0.5) is 0 Å². The number of carbonyl (C=O) groups excluding carboxylic acids is 1. The maximum atomic E-state index is 12.5. The Balaban J connectivity index is 1.95. The lowest BCUT2D eigenvalue weighted by Gasteiger charge is -2.21. The SMILES string of the molecule is COCCCN1Cc2cc3cc(OC)ccc3nc2O[C@@H](C)C1=O. The largest absolute Gasteiger partial charge is 0.497 e. The summed E-state index contributed by atoms with van der Waals surface area (Å²) in [5, 5.41) is 0.968. The van der Waals surface area contributed by atoms with E-state index in [-0.39, 0.29) is 5.91 Å². The predicted molar refractivity (Wildman–Crippen MR) is 90.3 cm³/mol. The summed E-state index contributed by atoms with van der Waals surface area (Å²) in [6.45, 7) is 3.51. The molecule has 1 aliphatic rings. The third-order valence-electron chi connectivity index (χ3n) is 4.15. The van der Waals surface area contributed by atoms with Crippen LogP contribution in [0, 0.1) is 0 Å². The first-order valence-electron chi connectivity index (χ1n) is 8.04. The third-order valence-corrected chi connectivity index (χ3v) is 4.15. The summed E-state index contributed by atoms with van der Waals surface area (Å²) in [7, 11) is 3.30. The molecule has 0 radical (unpaired) electrons. The summed E-state index contributed by atoms with van der Waals surface area (Å²) in [5.74, 6) is 1.29. The lowest BCUT2D eigenvalue weighted by Crippen LogP contribution is -2.38. The molecule has 3 rings (SSSR count). The summed E-state index contributed by atoms with van der Waals surface area (Å²) in [5.41, 5.74) is 1.73.